The molecule has 0 aliphatic heterocycles. The summed E-state index contributed by atoms with van der Waals surface area (Å²) >= 11 is 1.77. The molecule has 1 saturated carbocycles. The molecule has 1 fully saturated rings. The predicted molar refractivity (Wildman–Crippen MR) is 55.9 cm³/mol. The first kappa shape index (κ1) is 9.16. The van der Waals surface area contributed by atoms with E-state index in [-0.39, 0.29) is 5.54 Å². The van der Waals surface area contributed by atoms with E-state index in [1.807, 2.05) is 0 Å². The molecule has 3 heteroatoms. The van der Waals surface area contributed by atoms with E-state index in [1.54, 1.807) is 11.3 Å². The van der Waals surface area contributed by atoms with E-state index in [9.17, 15) is 0 Å². The van der Waals surface area contributed by atoms with E-state index < -0.39 is 0 Å². The maximum atomic E-state index is 6.31. The third kappa shape index (κ3) is 1.51. The van der Waals surface area contributed by atoms with Crippen LogP contribution in [0.15, 0.2) is 0 Å². The lowest BCUT2D eigenvalue weighted by Gasteiger charge is -2.19. The van der Waals surface area contributed by atoms with Crippen molar-refractivity contribution in [1.29, 1.82) is 0 Å². The van der Waals surface area contributed by atoms with Crippen LogP contribution in [0.25, 0.3) is 0 Å². The number of hydrogen-bond acceptors (Lipinski definition) is 3. The number of rotatable bonds is 1. The molecule has 1 aliphatic rings. The Kier molecular flexibility index (Phi) is 2.16. The number of nitrogens with two attached hydrogens (primary N) is 1. The molecule has 0 radical (unpaired) electrons. The van der Waals surface area contributed by atoms with Crippen molar-refractivity contribution in [3.05, 3.63) is 15.6 Å². The van der Waals surface area contributed by atoms with Gasteiger partial charge in [0.15, 0.2) is 0 Å². The van der Waals surface area contributed by atoms with Crippen molar-refractivity contribution in [2.75, 3.05) is 0 Å². The summed E-state index contributed by atoms with van der Waals surface area (Å²) in [6, 6.07) is 0. The van der Waals surface area contributed by atoms with Gasteiger partial charge in [-0.05, 0) is 26.7 Å². The lowest BCUT2D eigenvalue weighted by atomic mass is 10.0. The summed E-state index contributed by atoms with van der Waals surface area (Å²) in [6.45, 7) is 4.18. The molecule has 2 nitrogen and oxygen atoms in total. The van der Waals surface area contributed by atoms with Crippen molar-refractivity contribution in [3.63, 3.8) is 0 Å². The van der Waals surface area contributed by atoms with Crippen LogP contribution in [0, 0.1) is 13.8 Å². The van der Waals surface area contributed by atoms with Gasteiger partial charge in [-0.25, -0.2) is 4.98 Å². The summed E-state index contributed by atoms with van der Waals surface area (Å²) in [7, 11) is 0. The van der Waals surface area contributed by atoms with Gasteiger partial charge >= 0.3 is 0 Å². The minimum atomic E-state index is -0.0936. The second kappa shape index (κ2) is 3.07. The van der Waals surface area contributed by atoms with Crippen molar-refractivity contribution in [3.8, 4) is 0 Å². The standard InChI is InChI=1S/C10H16N2S/c1-7-8(2)13-9(12-7)10(11)5-3-4-6-10/h3-6,11H2,1-2H3. The maximum Gasteiger partial charge on any atom is 0.113 e. The first-order valence-corrected chi connectivity index (χ1v) is 5.67. The summed E-state index contributed by atoms with van der Waals surface area (Å²) in [5.74, 6) is 0. The number of nitrogens with zero attached hydrogens (tertiary/aromatic N) is 1. The lowest BCUT2D eigenvalue weighted by molar-refractivity contribution is 0.458. The average Bonchev–Trinajstić information content (AvgIpc) is 2.62. The van der Waals surface area contributed by atoms with Gasteiger partial charge in [-0.2, -0.15) is 0 Å². The van der Waals surface area contributed by atoms with Crippen molar-refractivity contribution < 1.29 is 0 Å². The summed E-state index contributed by atoms with van der Waals surface area (Å²) in [4.78, 5) is 5.87. The van der Waals surface area contributed by atoms with Crippen molar-refractivity contribution in [2.24, 2.45) is 5.73 Å². The minimum absolute atomic E-state index is 0.0936. The first-order chi connectivity index (χ1) is 6.12. The molecule has 1 heterocycles. The van der Waals surface area contributed by atoms with Crippen molar-refractivity contribution in [2.45, 2.75) is 45.1 Å². The predicted octanol–water partition coefficient (Wildman–Crippen LogP) is 2.49. The zero-order valence-electron chi connectivity index (χ0n) is 8.26. The van der Waals surface area contributed by atoms with Gasteiger partial charge in [-0.15, -0.1) is 11.3 Å². The molecule has 1 aromatic heterocycles. The second-order valence-electron chi connectivity index (χ2n) is 4.02. The molecule has 1 aliphatic carbocycles. The van der Waals surface area contributed by atoms with Crippen LogP contribution in [-0.2, 0) is 5.54 Å². The minimum Gasteiger partial charge on any atom is -0.319 e. The number of aromatic nitrogens is 1. The number of thiazole rings is 1. The average molecular weight is 196 g/mol. The van der Waals surface area contributed by atoms with Crippen LogP contribution in [0.5, 0.6) is 0 Å². The molecular formula is C10H16N2S. The van der Waals surface area contributed by atoms with Gasteiger partial charge in [0.25, 0.3) is 0 Å². The quantitative estimate of drug-likeness (QED) is 0.749. The lowest BCUT2D eigenvalue weighted by Crippen LogP contribution is -2.32. The molecule has 72 valence electrons. The van der Waals surface area contributed by atoms with Crippen molar-refractivity contribution in [1.82, 2.24) is 4.98 Å². The normalized spacial score (nSPS) is 20.8. The zero-order chi connectivity index (χ0) is 9.47. The molecular weight excluding hydrogens is 180 g/mol. The first-order valence-electron chi connectivity index (χ1n) is 4.85. The van der Waals surface area contributed by atoms with Gasteiger partial charge in [0.1, 0.15) is 5.01 Å². The molecule has 0 saturated heterocycles. The van der Waals surface area contributed by atoms with E-state index in [0.29, 0.717) is 0 Å². The molecule has 0 spiro atoms. The summed E-state index contributed by atoms with van der Waals surface area (Å²) in [5, 5.41) is 1.15. The number of hydrogen-bond donors (Lipinski definition) is 1. The largest absolute Gasteiger partial charge is 0.319 e. The zero-order valence-corrected chi connectivity index (χ0v) is 9.08. The van der Waals surface area contributed by atoms with Gasteiger partial charge < -0.3 is 5.73 Å². The van der Waals surface area contributed by atoms with Crippen LogP contribution in [0.3, 0.4) is 0 Å². The SMILES string of the molecule is Cc1nc(C2(N)CCCC2)sc1C. The topological polar surface area (TPSA) is 38.9 Å². The smallest absolute Gasteiger partial charge is 0.113 e. The van der Waals surface area contributed by atoms with Gasteiger partial charge in [-0.3, -0.25) is 0 Å². The molecule has 13 heavy (non-hydrogen) atoms. The van der Waals surface area contributed by atoms with Gasteiger partial charge in [0, 0.05) is 4.88 Å². The van der Waals surface area contributed by atoms with Crippen LogP contribution < -0.4 is 5.73 Å². The summed E-state index contributed by atoms with van der Waals surface area (Å²) < 4.78 is 0. The van der Waals surface area contributed by atoms with E-state index in [2.05, 4.69) is 18.8 Å². The van der Waals surface area contributed by atoms with Crippen LogP contribution in [0.2, 0.25) is 0 Å². The van der Waals surface area contributed by atoms with Crippen LogP contribution in [0.1, 0.15) is 41.3 Å². The second-order valence-corrected chi connectivity index (χ2v) is 5.23. The van der Waals surface area contributed by atoms with Crippen LogP contribution >= 0.6 is 11.3 Å². The highest BCUT2D eigenvalue weighted by atomic mass is 32.1. The Morgan fingerprint density at radius 1 is 1.31 bits per heavy atom. The van der Waals surface area contributed by atoms with Gasteiger partial charge in [0.05, 0.1) is 11.2 Å². The summed E-state index contributed by atoms with van der Waals surface area (Å²) in [5.41, 5.74) is 7.37. The molecule has 0 atom stereocenters. The van der Waals surface area contributed by atoms with Crippen LogP contribution in [0.4, 0.5) is 0 Å². The fraction of sp³-hybridized carbons (Fsp3) is 0.700. The Morgan fingerprint density at radius 3 is 2.38 bits per heavy atom. The Balaban J connectivity index is 2.34. The Bertz CT molecular complexity index is 291. The monoisotopic (exact) mass is 196 g/mol. The third-order valence-corrected chi connectivity index (χ3v) is 4.24. The van der Waals surface area contributed by atoms with E-state index in [4.69, 9.17) is 5.73 Å². The Labute approximate surface area is 83.2 Å². The molecule has 0 unspecified atom stereocenters. The van der Waals surface area contributed by atoms with E-state index in [0.717, 1.165) is 23.5 Å². The molecule has 0 aromatic carbocycles. The van der Waals surface area contributed by atoms with Gasteiger partial charge in [0.2, 0.25) is 0 Å². The molecule has 2 N–H and O–H groups in total. The molecule has 2 rings (SSSR count). The maximum absolute atomic E-state index is 6.31. The molecule has 0 bridgehead atoms. The highest BCUT2D eigenvalue weighted by Crippen LogP contribution is 2.38. The van der Waals surface area contributed by atoms with Crippen LogP contribution in [-0.4, -0.2) is 4.98 Å². The Hall–Kier alpha value is -0.410. The Morgan fingerprint density at radius 2 is 1.92 bits per heavy atom. The summed E-state index contributed by atoms with van der Waals surface area (Å²) in [6.07, 6.45) is 4.74. The molecule has 1 aromatic rings. The van der Waals surface area contributed by atoms with Gasteiger partial charge in [-0.1, -0.05) is 12.8 Å². The fourth-order valence-corrected chi connectivity index (χ4v) is 2.98. The number of aryl methyl sites for hydroxylation is 2. The third-order valence-electron chi connectivity index (χ3n) is 2.95. The van der Waals surface area contributed by atoms with Crippen molar-refractivity contribution >= 4 is 11.3 Å². The van der Waals surface area contributed by atoms with E-state index >= 15 is 0 Å². The fourth-order valence-electron chi connectivity index (χ4n) is 1.91. The highest BCUT2D eigenvalue weighted by Gasteiger charge is 2.34. The molecule has 0 amide bonds. The van der Waals surface area contributed by atoms with E-state index in [1.165, 1.54) is 17.7 Å². The highest BCUT2D eigenvalue weighted by molar-refractivity contribution is 7.11.